The van der Waals surface area contributed by atoms with Crippen molar-refractivity contribution in [2.45, 2.75) is 19.8 Å². The molecular formula is C21H27N7. The molecule has 1 aliphatic rings. The van der Waals surface area contributed by atoms with E-state index in [4.69, 9.17) is 9.97 Å². The lowest BCUT2D eigenvalue weighted by Gasteiger charge is -2.33. The molecule has 0 radical (unpaired) electrons. The number of aryl methyl sites for hydroxylation is 3. The van der Waals surface area contributed by atoms with Crippen LogP contribution in [0.25, 0.3) is 0 Å². The predicted octanol–water partition coefficient (Wildman–Crippen LogP) is 2.79. The summed E-state index contributed by atoms with van der Waals surface area (Å²) < 4.78 is 0. The lowest BCUT2D eigenvalue weighted by Crippen LogP contribution is -2.44. The average Bonchev–Trinajstić information content (AvgIpc) is 3.12. The van der Waals surface area contributed by atoms with Crippen molar-refractivity contribution < 1.29 is 0 Å². The van der Waals surface area contributed by atoms with Gasteiger partial charge < -0.3 is 15.1 Å². The summed E-state index contributed by atoms with van der Waals surface area (Å²) in [7, 11) is 2.16. The van der Waals surface area contributed by atoms with E-state index < -0.39 is 0 Å². The molecule has 0 atom stereocenters. The first kappa shape index (κ1) is 18.4. The number of nitrogens with zero attached hydrogens (tertiary/aromatic N) is 5. The van der Waals surface area contributed by atoms with Crippen LogP contribution in [0.5, 0.6) is 0 Å². The van der Waals surface area contributed by atoms with E-state index in [1.165, 1.54) is 5.56 Å². The number of piperazine rings is 1. The number of nitrogens with one attached hydrogen (secondary N) is 2. The minimum atomic E-state index is 0.773. The molecular weight excluding hydrogens is 350 g/mol. The van der Waals surface area contributed by atoms with Gasteiger partial charge in [-0.25, -0.2) is 9.97 Å². The third kappa shape index (κ3) is 4.67. The van der Waals surface area contributed by atoms with Gasteiger partial charge in [-0.1, -0.05) is 30.3 Å². The van der Waals surface area contributed by atoms with E-state index in [9.17, 15) is 0 Å². The number of hydrogen-bond acceptors (Lipinski definition) is 6. The van der Waals surface area contributed by atoms with Gasteiger partial charge in [0, 0.05) is 50.4 Å². The highest BCUT2D eigenvalue weighted by molar-refractivity contribution is 5.57. The number of aromatic amines is 1. The quantitative estimate of drug-likeness (QED) is 0.688. The van der Waals surface area contributed by atoms with Crippen LogP contribution in [0, 0.1) is 6.92 Å². The largest absolute Gasteiger partial charge is 0.354 e. The van der Waals surface area contributed by atoms with Crippen LogP contribution in [0.2, 0.25) is 0 Å². The fourth-order valence-corrected chi connectivity index (χ4v) is 3.37. The molecule has 0 aliphatic carbocycles. The molecule has 0 unspecified atom stereocenters. The number of aromatic nitrogens is 4. The summed E-state index contributed by atoms with van der Waals surface area (Å²) in [6.45, 7) is 6.04. The normalized spacial score (nSPS) is 15.0. The molecule has 1 aliphatic heterocycles. The molecule has 3 aromatic rings. The van der Waals surface area contributed by atoms with E-state index in [1.807, 2.05) is 25.1 Å². The van der Waals surface area contributed by atoms with Gasteiger partial charge in [0.05, 0.1) is 0 Å². The Balaban J connectivity index is 1.56. The molecule has 2 N–H and O–H groups in total. The Kier molecular flexibility index (Phi) is 5.53. The summed E-state index contributed by atoms with van der Waals surface area (Å²) in [4.78, 5) is 14.3. The fraction of sp³-hybridized carbons (Fsp3) is 0.381. The summed E-state index contributed by atoms with van der Waals surface area (Å²) >= 11 is 0. The van der Waals surface area contributed by atoms with E-state index in [0.717, 1.165) is 68.0 Å². The second kappa shape index (κ2) is 8.39. The number of hydrogen-bond donors (Lipinski definition) is 2. The highest BCUT2D eigenvalue weighted by Gasteiger charge is 2.17. The number of anilines is 3. The van der Waals surface area contributed by atoms with Crippen LogP contribution in [0.3, 0.4) is 0 Å². The molecule has 4 rings (SSSR count). The number of benzene rings is 1. The van der Waals surface area contributed by atoms with Gasteiger partial charge in [-0.05, 0) is 26.0 Å². The minimum Gasteiger partial charge on any atom is -0.354 e. The summed E-state index contributed by atoms with van der Waals surface area (Å²) in [5.74, 6) is 3.41. The van der Waals surface area contributed by atoms with Crippen LogP contribution in [-0.4, -0.2) is 58.3 Å². The van der Waals surface area contributed by atoms with Crippen LogP contribution in [0.1, 0.15) is 17.1 Å². The molecule has 0 amide bonds. The van der Waals surface area contributed by atoms with Gasteiger partial charge in [0.25, 0.3) is 0 Å². The zero-order chi connectivity index (χ0) is 19.3. The Labute approximate surface area is 165 Å². The summed E-state index contributed by atoms with van der Waals surface area (Å²) in [6.07, 6.45) is 1.73. The highest BCUT2D eigenvalue weighted by Crippen LogP contribution is 2.21. The molecule has 0 bridgehead atoms. The van der Waals surface area contributed by atoms with Gasteiger partial charge in [-0.3, -0.25) is 5.10 Å². The highest BCUT2D eigenvalue weighted by atomic mass is 15.3. The van der Waals surface area contributed by atoms with Crippen molar-refractivity contribution in [3.05, 3.63) is 59.5 Å². The third-order valence-corrected chi connectivity index (χ3v) is 5.03. The van der Waals surface area contributed by atoms with Crippen molar-refractivity contribution in [1.29, 1.82) is 0 Å². The molecule has 0 spiro atoms. The topological polar surface area (TPSA) is 73.0 Å². The molecule has 7 heteroatoms. The summed E-state index contributed by atoms with van der Waals surface area (Å²) in [5.41, 5.74) is 2.31. The Hall–Kier alpha value is -2.93. The van der Waals surface area contributed by atoms with Gasteiger partial charge in [0.1, 0.15) is 17.5 Å². The van der Waals surface area contributed by atoms with Crippen molar-refractivity contribution in [2.75, 3.05) is 43.4 Å². The smallest absolute Gasteiger partial charge is 0.153 e. The third-order valence-electron chi connectivity index (χ3n) is 5.03. The number of likely N-dealkylation sites (N-methyl/N-ethyl adjacent to an activating group) is 1. The molecule has 1 saturated heterocycles. The van der Waals surface area contributed by atoms with Gasteiger partial charge in [0.2, 0.25) is 0 Å². The lowest BCUT2D eigenvalue weighted by atomic mass is 10.1. The maximum atomic E-state index is 4.87. The Morgan fingerprint density at radius 3 is 2.46 bits per heavy atom. The molecule has 3 heterocycles. The molecule has 28 heavy (non-hydrogen) atoms. The van der Waals surface area contributed by atoms with Crippen molar-refractivity contribution in [2.24, 2.45) is 0 Å². The zero-order valence-corrected chi connectivity index (χ0v) is 16.5. The van der Waals surface area contributed by atoms with E-state index in [1.54, 1.807) is 0 Å². The standard InChI is InChI=1S/C21H27N7/c1-16-14-20(26-25-16)23-19-15-21(28-12-10-27(2)11-13-28)24-18(22-19)9-8-17-6-4-3-5-7-17/h3-7,14-15H,8-13H2,1-2H3,(H2,22,23,24,25,26). The molecule has 146 valence electrons. The first-order chi connectivity index (χ1) is 13.7. The second-order valence-corrected chi connectivity index (χ2v) is 7.36. The maximum absolute atomic E-state index is 4.87. The molecule has 0 saturated carbocycles. The Morgan fingerprint density at radius 1 is 0.964 bits per heavy atom. The molecule has 1 fully saturated rings. The Bertz CT molecular complexity index is 898. The maximum Gasteiger partial charge on any atom is 0.153 e. The number of H-pyrrole nitrogens is 1. The summed E-state index contributed by atoms with van der Waals surface area (Å²) in [5, 5.41) is 10.6. The first-order valence-corrected chi connectivity index (χ1v) is 9.80. The first-order valence-electron chi connectivity index (χ1n) is 9.80. The number of rotatable bonds is 6. The van der Waals surface area contributed by atoms with Crippen LogP contribution in [0.4, 0.5) is 17.5 Å². The van der Waals surface area contributed by atoms with E-state index in [2.05, 4.69) is 56.6 Å². The van der Waals surface area contributed by atoms with Gasteiger partial charge >= 0.3 is 0 Å². The molecule has 7 nitrogen and oxygen atoms in total. The van der Waals surface area contributed by atoms with Crippen LogP contribution in [-0.2, 0) is 12.8 Å². The molecule has 2 aromatic heterocycles. The molecule has 1 aromatic carbocycles. The monoisotopic (exact) mass is 377 g/mol. The van der Waals surface area contributed by atoms with E-state index in [-0.39, 0.29) is 0 Å². The predicted molar refractivity (Wildman–Crippen MR) is 112 cm³/mol. The van der Waals surface area contributed by atoms with Crippen LogP contribution < -0.4 is 10.2 Å². The summed E-state index contributed by atoms with van der Waals surface area (Å²) in [6, 6.07) is 14.5. The van der Waals surface area contributed by atoms with Crippen molar-refractivity contribution >= 4 is 17.5 Å². The van der Waals surface area contributed by atoms with Crippen molar-refractivity contribution in [3.8, 4) is 0 Å². The minimum absolute atomic E-state index is 0.773. The van der Waals surface area contributed by atoms with Crippen molar-refractivity contribution in [3.63, 3.8) is 0 Å². The average molecular weight is 377 g/mol. The van der Waals surface area contributed by atoms with E-state index in [0.29, 0.717) is 0 Å². The van der Waals surface area contributed by atoms with Crippen molar-refractivity contribution in [1.82, 2.24) is 25.1 Å². The lowest BCUT2D eigenvalue weighted by molar-refractivity contribution is 0.312. The fourth-order valence-electron chi connectivity index (χ4n) is 3.37. The van der Waals surface area contributed by atoms with Gasteiger partial charge in [0.15, 0.2) is 5.82 Å². The van der Waals surface area contributed by atoms with Crippen LogP contribution >= 0.6 is 0 Å². The van der Waals surface area contributed by atoms with Gasteiger partial charge in [-0.15, -0.1) is 0 Å². The van der Waals surface area contributed by atoms with E-state index >= 15 is 0 Å². The Morgan fingerprint density at radius 2 is 1.75 bits per heavy atom. The zero-order valence-electron chi connectivity index (χ0n) is 16.5. The SMILES string of the molecule is Cc1cc(Nc2cc(N3CCN(C)CC3)nc(CCc3ccccc3)n2)n[nH]1. The van der Waals surface area contributed by atoms with Crippen LogP contribution in [0.15, 0.2) is 42.5 Å². The second-order valence-electron chi connectivity index (χ2n) is 7.36. The van der Waals surface area contributed by atoms with Gasteiger partial charge in [-0.2, -0.15) is 5.10 Å².